The molecule has 790 valence electrons. The van der Waals surface area contributed by atoms with Crippen LogP contribution in [0.2, 0.25) is 0 Å². The molecule has 0 bridgehead atoms. The van der Waals surface area contributed by atoms with Crippen molar-refractivity contribution in [3.05, 3.63) is 277 Å². The van der Waals surface area contributed by atoms with Crippen LogP contribution in [0.4, 0.5) is 34.1 Å². The Morgan fingerprint density at radius 3 is 1.29 bits per heavy atom. The van der Waals surface area contributed by atoms with Crippen LogP contribution >= 0.6 is 74.7 Å². The van der Waals surface area contributed by atoms with Crippen LogP contribution in [0.5, 0.6) is 0 Å². The van der Waals surface area contributed by atoms with Crippen molar-refractivity contribution in [2.45, 2.75) is 136 Å². The second-order valence-corrected chi connectivity index (χ2v) is 62.1. The Morgan fingerprint density at radius 1 is 0.400 bits per heavy atom. The molecule has 0 fully saturated rings. The van der Waals surface area contributed by atoms with Gasteiger partial charge < -0.3 is 98.8 Å². The molecule has 6 amide bonds. The van der Waals surface area contributed by atoms with E-state index < -0.39 is 48.8 Å². The molecule has 0 spiro atoms. The van der Waals surface area contributed by atoms with Gasteiger partial charge in [-0.2, -0.15) is 0 Å². The fraction of sp³-hybridized carbons (Fsp3) is 0.313. The number of H-pyrrole nitrogens is 5. The van der Waals surface area contributed by atoms with Crippen LogP contribution in [0.3, 0.4) is 0 Å². The summed E-state index contributed by atoms with van der Waals surface area (Å²) < 4.78 is 80.2. The Hall–Kier alpha value is -12.0. The highest BCUT2D eigenvalue weighted by Crippen LogP contribution is 2.52. The number of hydrogen-bond acceptors (Lipinski definition) is 14. The normalized spacial score (nSPS) is 15.9. The smallest absolute Gasteiger partial charge is 0.303 e. The number of likely N-dealkylation sites (N-methyl/N-ethyl adjacent to an activating group) is 1. The van der Waals surface area contributed by atoms with Crippen molar-refractivity contribution in [1.82, 2.24) is 34.4 Å². The number of halogens is 2. The number of fused-ring (bicyclic) bond motifs is 6. The van der Waals surface area contributed by atoms with E-state index in [1.165, 1.54) is 22.3 Å². The monoisotopic (exact) mass is 2270 g/mol. The first-order valence-corrected chi connectivity index (χ1v) is 65.9. The standard InChI is InChI=1S/C23H32N3O2P.C21H25N2O4P.C19H23N2O2P.C18H21N2O2P.C17H17Br2N2O2P.C17H19N2O2P/c1-7-29(28,8-2)17-9-10-21-19(13-17)20(23(27)25-21)14-22-15(3)18(16(4)24-22)11-12-26(5)6;1-5-28(4,27)18-9-12(2)8-15-16(21(26)23-20(15)18)10-17-14(6-7-19(24)25)13(3)11-22-17;1-6-14-11(2)17(20-12(14)3)10-16-15-8-7-13(24(4,5)23)9-18(15)21-19(16)22;1-4-23(22,5-2)14-8-9-17-15(12-14)16(18(21)19-17)11-13-7-6-10-20(13)3;1-8-5-11-14(13(6-8)24(3,4)23)10(17(22)21-11)7-12-16(19)15(18)9(2)20-12;1-10-7-11(2)18-15(10)9-14-13-6-5-12(22(3,4)21)8-16(13)19-17(14)20/h9-10,13-14,24H,7-8,11-12H2,1-6H3,(H,25,27);8-11,22H,5-7H2,1-4H3,(H,23,26)(H,24,25);7-10,20H,6H2,1-5H3,(H,21,22);6-12H,4-5H2,1-3H3,(H,19,21);5-7,20H,1-4H3,(H,21,22);5-9,18H,1-4H3,(H,19,20). The predicted octanol–water partition coefficient (Wildman–Crippen LogP) is 23.8. The minimum atomic E-state index is -2.57. The Balaban J connectivity index is 0.000000150. The maximum Gasteiger partial charge on any atom is 0.303 e. The first-order valence-electron chi connectivity index (χ1n) is 50.1. The Labute approximate surface area is 896 Å². The number of nitrogens with one attached hydrogen (secondary N) is 11. The van der Waals surface area contributed by atoms with Gasteiger partial charge in [0.1, 0.15) is 42.9 Å². The summed E-state index contributed by atoms with van der Waals surface area (Å²) in [7, 11) is -8.47. The topological polar surface area (TPSA) is 401 Å². The van der Waals surface area contributed by atoms with Gasteiger partial charge in [0.25, 0.3) is 35.4 Å². The van der Waals surface area contributed by atoms with Crippen LogP contribution in [0.1, 0.15) is 188 Å². The molecule has 6 aromatic heterocycles. The number of anilines is 6. The molecule has 12 heterocycles. The molecule has 6 aromatic carbocycles. The molecule has 12 N–H and O–H groups in total. The summed E-state index contributed by atoms with van der Waals surface area (Å²) in [6.45, 7) is 45.0. The summed E-state index contributed by atoms with van der Waals surface area (Å²) in [6.07, 6.45) is 20.3. The zero-order chi connectivity index (χ0) is 110. The van der Waals surface area contributed by atoms with E-state index in [1.807, 2.05) is 240 Å². The molecule has 6 aliphatic rings. The highest BCUT2D eigenvalue weighted by atomic mass is 79.9. The van der Waals surface area contributed by atoms with E-state index in [0.29, 0.717) is 81.7 Å². The largest absolute Gasteiger partial charge is 0.481 e. The number of carbonyl (C=O) groups is 7. The number of hydrogen-bond donors (Lipinski definition) is 12. The van der Waals surface area contributed by atoms with Crippen molar-refractivity contribution in [1.29, 1.82) is 0 Å². The Bertz CT molecular complexity index is 8020. The van der Waals surface area contributed by atoms with Crippen molar-refractivity contribution in [3.8, 4) is 0 Å². The Morgan fingerprint density at radius 2 is 0.840 bits per heavy atom. The molecule has 0 saturated heterocycles. The number of nitrogens with zero attached hydrogens (tertiary/aromatic N) is 2. The molecular formula is C115H137Br2N13O14P6. The van der Waals surface area contributed by atoms with E-state index in [0.717, 1.165) is 201 Å². The number of aryl methyl sites for hydroxylation is 9. The molecule has 1 unspecified atom stereocenters. The van der Waals surface area contributed by atoms with E-state index in [2.05, 4.69) is 142 Å². The van der Waals surface area contributed by atoms with Crippen molar-refractivity contribution < 1.29 is 66.1 Å². The van der Waals surface area contributed by atoms with Crippen LogP contribution in [0.25, 0.3) is 69.9 Å². The molecular weight excluding hydrogens is 2130 g/mol. The van der Waals surface area contributed by atoms with Crippen LogP contribution in [0.15, 0.2) is 137 Å². The number of aromatic nitrogens is 6. The van der Waals surface area contributed by atoms with Gasteiger partial charge in [-0.15, -0.1) is 0 Å². The number of carboxylic acids is 1. The van der Waals surface area contributed by atoms with Gasteiger partial charge in [0.15, 0.2) is 0 Å². The molecule has 0 radical (unpaired) electrons. The number of aliphatic carboxylic acids is 1. The second kappa shape index (κ2) is 46.3. The molecule has 1 atom stereocenters. The van der Waals surface area contributed by atoms with E-state index in [-0.39, 0.29) is 41.9 Å². The lowest BCUT2D eigenvalue weighted by atomic mass is 10.0. The van der Waals surface area contributed by atoms with Crippen molar-refractivity contribution in [3.63, 3.8) is 0 Å². The number of rotatable bonds is 24. The molecule has 35 heteroatoms. The predicted molar refractivity (Wildman–Crippen MR) is 635 cm³/mol. The third-order valence-corrected chi connectivity index (χ3v) is 44.4. The van der Waals surface area contributed by atoms with Gasteiger partial charge in [0.2, 0.25) is 0 Å². The zero-order valence-corrected chi connectivity index (χ0v) is 98.8. The first-order chi connectivity index (χ1) is 70.4. The van der Waals surface area contributed by atoms with Gasteiger partial charge in [-0.25, -0.2) is 0 Å². The lowest BCUT2D eigenvalue weighted by molar-refractivity contribution is -0.137. The lowest BCUT2D eigenvalue weighted by Crippen LogP contribution is -2.15. The SMILES string of the molecule is CCP(=O)(CC)c1ccc2c(c1)C(=Cc1[nH]c(C)c(CCN(C)C)c1C)C(=O)N2.CCP(=O)(CC)c1ccc2c(c1)C(=Cc1cccn1C)C(=O)N2.CCP(C)(=O)c1cc(C)cc2c1NC(=O)C2=Cc1[nH]cc(C)c1CCC(=O)O.CCc1c(C)[nH]c(C=C2C(=O)Nc3cc(P(C)(C)=O)ccc32)c1C.Cc1cc(C)c(C=C2C(=O)Nc3cc(P(C)(C)=O)ccc32)[nH]1.Cc1cc2c(c(P(C)(C)=O)c1)C(=Cc1[nH]c(C)c(Br)c1Br)C(=O)N2. The van der Waals surface area contributed by atoms with Crippen LogP contribution in [0, 0.1) is 69.2 Å². The van der Waals surface area contributed by atoms with Crippen molar-refractivity contribution in [2.75, 3.05) is 130 Å². The molecule has 27 nitrogen and oxygen atoms in total. The quantitative estimate of drug-likeness (QED) is 0.0198. The summed E-state index contributed by atoms with van der Waals surface area (Å²) >= 11 is 7.03. The van der Waals surface area contributed by atoms with Crippen LogP contribution in [-0.2, 0) is 87.3 Å². The minimum Gasteiger partial charge on any atom is -0.481 e. The van der Waals surface area contributed by atoms with E-state index in [9.17, 15) is 61.0 Å². The first kappa shape index (κ1) is 115. The molecule has 0 saturated carbocycles. The maximum absolute atomic E-state index is 13.2. The summed E-state index contributed by atoms with van der Waals surface area (Å²) in [6, 6.07) is 36.1. The summed E-state index contributed by atoms with van der Waals surface area (Å²) in [5.41, 5.74) is 32.4. The van der Waals surface area contributed by atoms with E-state index in [4.69, 9.17) is 5.11 Å². The van der Waals surface area contributed by atoms with E-state index in [1.54, 1.807) is 58.8 Å². The number of carbonyl (C=O) groups excluding carboxylic acids is 6. The number of aromatic amines is 5. The van der Waals surface area contributed by atoms with Gasteiger partial charge in [-0.05, 0) is 359 Å². The van der Waals surface area contributed by atoms with Crippen LogP contribution in [-0.4, -0.2) is 179 Å². The average molecular weight is 2270 g/mol. The highest BCUT2D eigenvalue weighted by molar-refractivity contribution is 9.13. The van der Waals surface area contributed by atoms with Gasteiger partial charge in [-0.1, -0.05) is 65.8 Å². The molecule has 0 aliphatic carbocycles. The zero-order valence-electron chi connectivity index (χ0n) is 90.2. The molecule has 150 heavy (non-hydrogen) atoms. The van der Waals surface area contributed by atoms with Crippen molar-refractivity contribution >= 4 is 252 Å². The third kappa shape index (κ3) is 25.2. The Kier molecular flexibility index (Phi) is 35.5. The fourth-order valence-corrected chi connectivity index (χ4v) is 28.4. The molecule has 18 rings (SSSR count). The van der Waals surface area contributed by atoms with Crippen molar-refractivity contribution in [2.24, 2.45) is 7.05 Å². The molecule has 6 aliphatic heterocycles. The summed E-state index contributed by atoms with van der Waals surface area (Å²) in [5.74, 6) is -1.74. The van der Waals surface area contributed by atoms with Gasteiger partial charge in [-0.3, -0.25) is 33.6 Å². The number of carboxylic acid groups (broad SMARTS) is 1. The summed E-state index contributed by atoms with van der Waals surface area (Å²) in [4.78, 5) is 104. The average Bonchev–Trinajstić information content (AvgIpc) is 1.63. The second-order valence-electron chi connectivity index (χ2n) is 40.5. The van der Waals surface area contributed by atoms with Gasteiger partial charge >= 0.3 is 5.97 Å². The lowest BCUT2D eigenvalue weighted by Gasteiger charge is -2.16. The number of amides is 6. The van der Waals surface area contributed by atoms with Gasteiger partial charge in [0.05, 0.1) is 59.5 Å². The number of benzene rings is 6. The fourth-order valence-electron chi connectivity index (χ4n) is 19.3. The highest BCUT2D eigenvalue weighted by Gasteiger charge is 2.38. The van der Waals surface area contributed by atoms with E-state index >= 15 is 0 Å². The van der Waals surface area contributed by atoms with Gasteiger partial charge in [0, 0.05) is 202 Å². The minimum absolute atomic E-state index is 0.0242. The molecule has 12 aromatic rings. The third-order valence-electron chi connectivity index (χ3n) is 28.4. The maximum atomic E-state index is 13.2. The van der Waals surface area contributed by atoms with Crippen LogP contribution < -0.4 is 63.7 Å². The summed E-state index contributed by atoms with van der Waals surface area (Å²) in [5, 5.41) is 31.1.